The number of benzene rings is 1. The molecule has 0 saturated carbocycles. The summed E-state index contributed by atoms with van der Waals surface area (Å²) in [7, 11) is -2.57. The van der Waals surface area contributed by atoms with E-state index < -0.39 is 8.25 Å². The van der Waals surface area contributed by atoms with Crippen LogP contribution in [-0.4, -0.2) is 0 Å². The molecule has 1 unspecified atom stereocenters. The van der Waals surface area contributed by atoms with Gasteiger partial charge in [-0.25, -0.2) is 4.57 Å². The SMILES string of the molecule is O=[PH](OCl)Oc1ccccc1. The van der Waals surface area contributed by atoms with E-state index in [4.69, 9.17) is 16.4 Å². The zero-order valence-corrected chi connectivity index (χ0v) is 7.25. The highest BCUT2D eigenvalue weighted by molar-refractivity contribution is 7.35. The fraction of sp³-hybridized carbons (Fsp3) is 0. The molecule has 0 bridgehead atoms. The molecule has 60 valence electrons. The topological polar surface area (TPSA) is 35.5 Å². The third-order valence-electron chi connectivity index (χ3n) is 1.01. The second-order valence-electron chi connectivity index (χ2n) is 1.74. The summed E-state index contributed by atoms with van der Waals surface area (Å²) in [5, 5.41) is 0. The lowest BCUT2D eigenvalue weighted by Gasteiger charge is -2.00. The van der Waals surface area contributed by atoms with Crippen LogP contribution in [0.1, 0.15) is 0 Å². The molecular weight excluding hydrogens is 186 g/mol. The van der Waals surface area contributed by atoms with Crippen LogP contribution in [0.5, 0.6) is 5.75 Å². The molecule has 11 heavy (non-hydrogen) atoms. The molecule has 0 N–H and O–H groups in total. The van der Waals surface area contributed by atoms with Gasteiger partial charge in [-0.1, -0.05) is 18.2 Å². The van der Waals surface area contributed by atoms with Crippen LogP contribution in [-0.2, 0) is 8.64 Å². The van der Waals surface area contributed by atoms with Crippen LogP contribution in [0.15, 0.2) is 30.3 Å². The minimum Gasteiger partial charge on any atom is -0.425 e. The Labute approximate surface area is 70.0 Å². The smallest absolute Gasteiger partial charge is 0.384 e. The van der Waals surface area contributed by atoms with Gasteiger partial charge < -0.3 is 4.52 Å². The number of rotatable bonds is 3. The Hall–Kier alpha value is -0.500. The van der Waals surface area contributed by atoms with Crippen molar-refractivity contribution >= 4 is 20.1 Å². The van der Waals surface area contributed by atoms with Crippen LogP contribution in [0.4, 0.5) is 0 Å². The standard InChI is InChI=1S/C6H6ClO3P/c7-10-11(8)9-6-4-2-1-3-5-6/h1-5,11H. The van der Waals surface area contributed by atoms with Gasteiger partial charge in [0.1, 0.15) is 5.75 Å². The number of hydrogen-bond acceptors (Lipinski definition) is 3. The maximum Gasteiger partial charge on any atom is 0.384 e. The lowest BCUT2D eigenvalue weighted by molar-refractivity contribution is 0.430. The molecule has 1 aromatic carbocycles. The van der Waals surface area contributed by atoms with Gasteiger partial charge in [0.2, 0.25) is 0 Å². The molecule has 0 aliphatic heterocycles. The minimum absolute atomic E-state index is 0.483. The summed E-state index contributed by atoms with van der Waals surface area (Å²) >= 11 is 4.81. The van der Waals surface area contributed by atoms with Crippen molar-refractivity contribution in [3.8, 4) is 5.75 Å². The van der Waals surface area contributed by atoms with Crippen LogP contribution < -0.4 is 4.52 Å². The Balaban J connectivity index is 2.58. The van der Waals surface area contributed by atoms with E-state index in [1.54, 1.807) is 24.3 Å². The molecule has 0 aliphatic carbocycles. The van der Waals surface area contributed by atoms with Gasteiger partial charge in [0.15, 0.2) is 0 Å². The minimum atomic E-state index is -2.57. The summed E-state index contributed by atoms with van der Waals surface area (Å²) in [5.74, 6) is 0.483. The first kappa shape index (κ1) is 8.60. The summed E-state index contributed by atoms with van der Waals surface area (Å²) in [4.78, 5) is 0. The zero-order chi connectivity index (χ0) is 8.10. The Kier molecular flexibility index (Phi) is 3.43. The Morgan fingerprint density at radius 3 is 2.45 bits per heavy atom. The summed E-state index contributed by atoms with van der Waals surface area (Å²) < 4.78 is 19.3. The summed E-state index contributed by atoms with van der Waals surface area (Å²) in [6.07, 6.45) is 0. The van der Waals surface area contributed by atoms with Crippen molar-refractivity contribution in [3.05, 3.63) is 30.3 Å². The van der Waals surface area contributed by atoms with Crippen molar-refractivity contribution in [1.82, 2.24) is 0 Å². The summed E-state index contributed by atoms with van der Waals surface area (Å²) in [5.41, 5.74) is 0. The fourth-order valence-electron chi connectivity index (χ4n) is 0.601. The average Bonchev–Trinajstić information content (AvgIpc) is 2.06. The Morgan fingerprint density at radius 1 is 1.27 bits per heavy atom. The molecule has 0 radical (unpaired) electrons. The van der Waals surface area contributed by atoms with Gasteiger partial charge in [-0.2, -0.15) is 4.08 Å². The molecule has 5 heteroatoms. The second kappa shape index (κ2) is 4.39. The summed E-state index contributed by atoms with van der Waals surface area (Å²) in [6, 6.07) is 8.68. The van der Waals surface area contributed by atoms with Crippen molar-refractivity contribution in [1.29, 1.82) is 0 Å². The summed E-state index contributed by atoms with van der Waals surface area (Å²) in [6.45, 7) is 0. The lowest BCUT2D eigenvalue weighted by Crippen LogP contribution is -1.78. The highest BCUT2D eigenvalue weighted by Crippen LogP contribution is 2.28. The lowest BCUT2D eigenvalue weighted by atomic mass is 10.3. The van der Waals surface area contributed by atoms with Crippen LogP contribution in [0.2, 0.25) is 0 Å². The maximum absolute atomic E-state index is 10.6. The molecular formula is C6H6ClO3P. The van der Waals surface area contributed by atoms with Gasteiger partial charge >= 0.3 is 8.25 Å². The van der Waals surface area contributed by atoms with E-state index in [0.717, 1.165) is 0 Å². The van der Waals surface area contributed by atoms with Gasteiger partial charge in [0.25, 0.3) is 0 Å². The Morgan fingerprint density at radius 2 is 1.91 bits per heavy atom. The van der Waals surface area contributed by atoms with Crippen molar-refractivity contribution in [2.75, 3.05) is 0 Å². The van der Waals surface area contributed by atoms with E-state index in [2.05, 4.69) is 4.08 Å². The predicted octanol–water partition coefficient (Wildman–Crippen LogP) is 2.63. The van der Waals surface area contributed by atoms with Gasteiger partial charge in [-0.3, -0.25) is 0 Å². The van der Waals surface area contributed by atoms with Crippen molar-refractivity contribution < 1.29 is 13.2 Å². The van der Waals surface area contributed by atoms with Crippen molar-refractivity contribution in [2.45, 2.75) is 0 Å². The van der Waals surface area contributed by atoms with Crippen LogP contribution in [0.25, 0.3) is 0 Å². The predicted molar refractivity (Wildman–Crippen MR) is 43.0 cm³/mol. The molecule has 3 nitrogen and oxygen atoms in total. The molecule has 0 aromatic heterocycles. The highest BCUT2D eigenvalue weighted by Gasteiger charge is 1.97. The molecule has 1 rings (SSSR count). The monoisotopic (exact) mass is 192 g/mol. The van der Waals surface area contributed by atoms with E-state index in [9.17, 15) is 4.57 Å². The second-order valence-corrected chi connectivity index (χ2v) is 3.06. The van der Waals surface area contributed by atoms with Crippen LogP contribution in [0.3, 0.4) is 0 Å². The third kappa shape index (κ3) is 2.93. The van der Waals surface area contributed by atoms with E-state index in [1.807, 2.05) is 6.07 Å². The van der Waals surface area contributed by atoms with Crippen molar-refractivity contribution in [2.24, 2.45) is 0 Å². The van der Waals surface area contributed by atoms with Gasteiger partial charge in [0.05, 0.1) is 11.9 Å². The zero-order valence-electron chi connectivity index (χ0n) is 5.49. The first-order chi connectivity index (χ1) is 5.33. The molecule has 0 spiro atoms. The number of hydrogen-bond donors (Lipinski definition) is 0. The molecule has 1 atom stereocenters. The van der Waals surface area contributed by atoms with Gasteiger partial charge in [-0.05, 0) is 12.1 Å². The van der Waals surface area contributed by atoms with Gasteiger partial charge in [-0.15, -0.1) is 0 Å². The quantitative estimate of drug-likeness (QED) is 0.691. The molecule has 0 heterocycles. The fourth-order valence-corrected chi connectivity index (χ4v) is 1.06. The normalized spacial score (nSPS) is 12.5. The average molecular weight is 193 g/mol. The van der Waals surface area contributed by atoms with E-state index in [0.29, 0.717) is 5.75 Å². The van der Waals surface area contributed by atoms with E-state index >= 15 is 0 Å². The Bertz CT molecular complexity index is 239. The molecule has 0 amide bonds. The molecule has 0 fully saturated rings. The first-order valence-corrected chi connectivity index (χ1v) is 4.41. The molecule has 0 saturated heterocycles. The number of para-hydroxylation sites is 1. The molecule has 1 aromatic rings. The third-order valence-corrected chi connectivity index (χ3v) is 1.91. The largest absolute Gasteiger partial charge is 0.425 e. The number of halogens is 1. The van der Waals surface area contributed by atoms with Crippen molar-refractivity contribution in [3.63, 3.8) is 0 Å². The molecule has 0 aliphatic rings. The van der Waals surface area contributed by atoms with Crippen LogP contribution >= 0.6 is 20.1 Å². The highest BCUT2D eigenvalue weighted by atomic mass is 35.5. The maximum atomic E-state index is 10.6. The van der Waals surface area contributed by atoms with E-state index in [-0.39, 0.29) is 0 Å². The first-order valence-electron chi connectivity index (χ1n) is 2.88. The van der Waals surface area contributed by atoms with E-state index in [1.165, 1.54) is 0 Å². The van der Waals surface area contributed by atoms with Gasteiger partial charge in [0, 0.05) is 0 Å². The van der Waals surface area contributed by atoms with Crippen LogP contribution in [0, 0.1) is 0 Å².